The zero-order valence-electron chi connectivity index (χ0n) is 10.2. The van der Waals surface area contributed by atoms with Crippen LogP contribution in [0.4, 0.5) is 5.69 Å². The van der Waals surface area contributed by atoms with E-state index >= 15 is 0 Å². The van der Waals surface area contributed by atoms with Crippen LogP contribution in [0.25, 0.3) is 0 Å². The molecule has 0 spiro atoms. The van der Waals surface area contributed by atoms with Crippen molar-refractivity contribution in [2.45, 2.75) is 20.4 Å². The van der Waals surface area contributed by atoms with Crippen LogP contribution in [0.5, 0.6) is 0 Å². The van der Waals surface area contributed by atoms with Crippen LogP contribution in [0.1, 0.15) is 27.4 Å². The van der Waals surface area contributed by atoms with Gasteiger partial charge in [-0.1, -0.05) is 11.2 Å². The van der Waals surface area contributed by atoms with Gasteiger partial charge >= 0.3 is 5.97 Å². The third kappa shape index (κ3) is 2.88. The number of aryl methyl sites for hydroxylation is 2. The minimum atomic E-state index is -1.09. The number of hydrogen-bond acceptors (Lipinski definition) is 4. The molecule has 5 heteroatoms. The molecule has 2 rings (SSSR count). The molecular weight excluding hydrogens is 232 g/mol. The number of rotatable bonds is 4. The molecule has 0 unspecified atom stereocenters. The second kappa shape index (κ2) is 4.91. The fourth-order valence-corrected chi connectivity index (χ4v) is 1.76. The van der Waals surface area contributed by atoms with Gasteiger partial charge in [0.2, 0.25) is 0 Å². The highest BCUT2D eigenvalue weighted by Crippen LogP contribution is 2.15. The molecule has 0 atom stereocenters. The van der Waals surface area contributed by atoms with Crippen LogP contribution in [-0.4, -0.2) is 16.2 Å². The average Bonchev–Trinajstić information content (AvgIpc) is 2.73. The lowest BCUT2D eigenvalue weighted by Crippen LogP contribution is -1.99. The summed E-state index contributed by atoms with van der Waals surface area (Å²) in [6.07, 6.45) is 0. The highest BCUT2D eigenvalue weighted by molar-refractivity contribution is 5.85. The minimum absolute atomic E-state index is 0.0766. The number of aromatic carboxylic acids is 1. The maximum Gasteiger partial charge on any atom is 0.358 e. The zero-order valence-corrected chi connectivity index (χ0v) is 10.2. The second-order valence-electron chi connectivity index (χ2n) is 4.21. The van der Waals surface area contributed by atoms with E-state index in [0.717, 1.165) is 5.69 Å². The van der Waals surface area contributed by atoms with E-state index in [-0.39, 0.29) is 5.69 Å². The third-order valence-electron chi connectivity index (χ3n) is 2.47. The Kier molecular flexibility index (Phi) is 3.32. The summed E-state index contributed by atoms with van der Waals surface area (Å²) in [6.45, 7) is 4.45. The van der Waals surface area contributed by atoms with Crippen molar-refractivity contribution in [2.75, 3.05) is 5.32 Å². The summed E-state index contributed by atoms with van der Waals surface area (Å²) >= 11 is 0. The fraction of sp³-hybridized carbons (Fsp3) is 0.231. The Bertz CT molecular complexity index is 555. The summed E-state index contributed by atoms with van der Waals surface area (Å²) in [5.74, 6) is -0.594. The number of carboxylic acids is 1. The maximum atomic E-state index is 10.6. The number of aromatic nitrogens is 1. The number of nitrogens with zero attached hydrogens (tertiary/aromatic N) is 1. The second-order valence-corrected chi connectivity index (χ2v) is 4.21. The SMILES string of the molecule is Cc1cc(C)cc(NCc2cc(C(=O)O)no2)c1. The Balaban J connectivity index is 2.04. The lowest BCUT2D eigenvalue weighted by atomic mass is 10.1. The maximum absolute atomic E-state index is 10.6. The van der Waals surface area contributed by atoms with Gasteiger partial charge in [0.05, 0.1) is 6.54 Å². The van der Waals surface area contributed by atoms with Gasteiger partial charge < -0.3 is 14.9 Å². The summed E-state index contributed by atoms with van der Waals surface area (Å²) in [5, 5.41) is 15.3. The Labute approximate surface area is 104 Å². The van der Waals surface area contributed by atoms with Crippen molar-refractivity contribution in [3.8, 4) is 0 Å². The number of benzene rings is 1. The van der Waals surface area contributed by atoms with Crippen LogP contribution >= 0.6 is 0 Å². The van der Waals surface area contributed by atoms with Crippen molar-refractivity contribution in [1.29, 1.82) is 0 Å². The first-order chi connectivity index (χ1) is 8.54. The van der Waals surface area contributed by atoms with Gasteiger partial charge in [-0.05, 0) is 37.1 Å². The van der Waals surface area contributed by atoms with Crippen LogP contribution in [0.3, 0.4) is 0 Å². The predicted octanol–water partition coefficient (Wildman–Crippen LogP) is 2.60. The van der Waals surface area contributed by atoms with E-state index in [9.17, 15) is 4.79 Å². The van der Waals surface area contributed by atoms with E-state index in [1.165, 1.54) is 17.2 Å². The van der Waals surface area contributed by atoms with Crippen LogP contribution in [-0.2, 0) is 6.54 Å². The molecule has 0 aliphatic carbocycles. The molecule has 5 nitrogen and oxygen atoms in total. The van der Waals surface area contributed by atoms with Gasteiger partial charge in [0.25, 0.3) is 0 Å². The Hall–Kier alpha value is -2.30. The fourth-order valence-electron chi connectivity index (χ4n) is 1.76. The summed E-state index contributed by atoms with van der Waals surface area (Å²) < 4.78 is 4.91. The Morgan fingerprint density at radius 3 is 2.50 bits per heavy atom. The highest BCUT2D eigenvalue weighted by atomic mass is 16.5. The third-order valence-corrected chi connectivity index (χ3v) is 2.47. The number of carbonyl (C=O) groups is 1. The number of carboxylic acid groups (broad SMARTS) is 1. The largest absolute Gasteiger partial charge is 0.476 e. The molecular formula is C13H14N2O3. The molecule has 0 saturated carbocycles. The van der Waals surface area contributed by atoms with Gasteiger partial charge in [0, 0.05) is 11.8 Å². The van der Waals surface area contributed by atoms with Gasteiger partial charge in [0.15, 0.2) is 11.5 Å². The first-order valence-corrected chi connectivity index (χ1v) is 5.55. The molecule has 1 heterocycles. The molecule has 94 valence electrons. The van der Waals surface area contributed by atoms with Crippen molar-refractivity contribution >= 4 is 11.7 Å². The minimum Gasteiger partial charge on any atom is -0.476 e. The van der Waals surface area contributed by atoms with Crippen molar-refractivity contribution in [3.63, 3.8) is 0 Å². The van der Waals surface area contributed by atoms with E-state index in [1.54, 1.807) is 0 Å². The quantitative estimate of drug-likeness (QED) is 0.867. The molecule has 0 aliphatic heterocycles. The smallest absolute Gasteiger partial charge is 0.358 e. The van der Waals surface area contributed by atoms with Crippen LogP contribution in [0, 0.1) is 13.8 Å². The highest BCUT2D eigenvalue weighted by Gasteiger charge is 2.10. The molecule has 0 amide bonds. The van der Waals surface area contributed by atoms with Crippen LogP contribution in [0.2, 0.25) is 0 Å². The first kappa shape index (κ1) is 12.2. The van der Waals surface area contributed by atoms with Gasteiger partial charge in [0.1, 0.15) is 0 Å². The average molecular weight is 246 g/mol. The monoisotopic (exact) mass is 246 g/mol. The van der Waals surface area contributed by atoms with Gasteiger partial charge in [-0.3, -0.25) is 0 Å². The van der Waals surface area contributed by atoms with Gasteiger partial charge in [-0.25, -0.2) is 4.79 Å². The Morgan fingerprint density at radius 1 is 1.28 bits per heavy atom. The molecule has 1 aromatic heterocycles. The summed E-state index contributed by atoms with van der Waals surface area (Å²) in [7, 11) is 0. The number of anilines is 1. The van der Waals surface area contributed by atoms with Crippen LogP contribution in [0.15, 0.2) is 28.8 Å². The van der Waals surface area contributed by atoms with Crippen LogP contribution < -0.4 is 5.32 Å². The number of hydrogen-bond donors (Lipinski definition) is 2. The number of nitrogens with one attached hydrogen (secondary N) is 1. The first-order valence-electron chi connectivity index (χ1n) is 5.55. The molecule has 1 aromatic carbocycles. The molecule has 18 heavy (non-hydrogen) atoms. The molecule has 0 fully saturated rings. The Morgan fingerprint density at radius 2 is 1.94 bits per heavy atom. The van der Waals surface area contributed by atoms with E-state index < -0.39 is 5.97 Å². The molecule has 2 N–H and O–H groups in total. The summed E-state index contributed by atoms with van der Waals surface area (Å²) in [6, 6.07) is 7.53. The van der Waals surface area contributed by atoms with Crippen molar-refractivity contribution in [1.82, 2.24) is 5.16 Å². The van der Waals surface area contributed by atoms with Gasteiger partial charge in [-0.15, -0.1) is 0 Å². The van der Waals surface area contributed by atoms with E-state index in [2.05, 4.69) is 16.5 Å². The molecule has 0 bridgehead atoms. The van der Waals surface area contributed by atoms with Crippen molar-refractivity contribution < 1.29 is 14.4 Å². The van der Waals surface area contributed by atoms with Crippen molar-refractivity contribution in [2.24, 2.45) is 0 Å². The summed E-state index contributed by atoms with van der Waals surface area (Å²) in [5.41, 5.74) is 3.23. The van der Waals surface area contributed by atoms with E-state index in [1.807, 2.05) is 26.0 Å². The lowest BCUT2D eigenvalue weighted by Gasteiger charge is -2.06. The molecule has 2 aromatic rings. The summed E-state index contributed by atoms with van der Waals surface area (Å²) in [4.78, 5) is 10.6. The van der Waals surface area contributed by atoms with E-state index in [0.29, 0.717) is 12.3 Å². The standard InChI is InChI=1S/C13H14N2O3/c1-8-3-9(2)5-10(4-8)14-7-11-6-12(13(16)17)15-18-11/h3-6,14H,7H2,1-2H3,(H,16,17). The molecule has 0 radical (unpaired) electrons. The predicted molar refractivity (Wildman–Crippen MR) is 66.7 cm³/mol. The van der Waals surface area contributed by atoms with Crippen molar-refractivity contribution in [3.05, 3.63) is 46.8 Å². The van der Waals surface area contributed by atoms with E-state index in [4.69, 9.17) is 9.63 Å². The molecule has 0 aliphatic rings. The van der Waals surface area contributed by atoms with Gasteiger partial charge in [-0.2, -0.15) is 0 Å². The topological polar surface area (TPSA) is 75.4 Å². The molecule has 0 saturated heterocycles. The zero-order chi connectivity index (χ0) is 13.1. The lowest BCUT2D eigenvalue weighted by molar-refractivity contribution is 0.0685. The normalized spacial score (nSPS) is 10.3.